The molecule has 2 amide bonds. The average molecular weight is 296 g/mol. The van der Waals surface area contributed by atoms with Gasteiger partial charge in [-0.3, -0.25) is 9.59 Å². The van der Waals surface area contributed by atoms with Crippen molar-refractivity contribution in [1.29, 1.82) is 0 Å². The second kappa shape index (κ2) is 5.81. The van der Waals surface area contributed by atoms with Crippen molar-refractivity contribution in [3.05, 3.63) is 28.8 Å². The van der Waals surface area contributed by atoms with Gasteiger partial charge in [0.25, 0.3) is 0 Å². The number of nitrogens with one attached hydrogen (secondary N) is 2. The first kappa shape index (κ1) is 14.8. The maximum absolute atomic E-state index is 12.3. The molecule has 20 heavy (non-hydrogen) atoms. The summed E-state index contributed by atoms with van der Waals surface area (Å²) >= 11 is 5.96. The van der Waals surface area contributed by atoms with Crippen LogP contribution in [0.2, 0.25) is 5.02 Å². The molecule has 0 aliphatic carbocycles. The minimum Gasteiger partial charge on any atom is -0.366 e. The first-order valence-corrected chi connectivity index (χ1v) is 6.96. The molecule has 0 spiro atoms. The molecule has 0 radical (unpaired) electrons. The smallest absolute Gasteiger partial charge is 0.250 e. The number of piperidine rings is 1. The lowest BCUT2D eigenvalue weighted by molar-refractivity contribution is -0.122. The molecule has 4 N–H and O–H groups in total. The quantitative estimate of drug-likeness (QED) is 0.796. The Morgan fingerprint density at radius 1 is 1.40 bits per heavy atom. The predicted molar refractivity (Wildman–Crippen MR) is 78.9 cm³/mol. The Bertz CT molecular complexity index is 539. The van der Waals surface area contributed by atoms with Crippen LogP contribution in [0.5, 0.6) is 0 Å². The van der Waals surface area contributed by atoms with Crippen LogP contribution in [0.25, 0.3) is 0 Å². The Kier molecular flexibility index (Phi) is 4.30. The van der Waals surface area contributed by atoms with E-state index in [1.807, 2.05) is 6.92 Å². The number of carbonyl (C=O) groups excluding carboxylic acids is 2. The van der Waals surface area contributed by atoms with E-state index in [0.717, 1.165) is 25.8 Å². The highest BCUT2D eigenvalue weighted by molar-refractivity contribution is 6.34. The van der Waals surface area contributed by atoms with Crippen molar-refractivity contribution in [3.63, 3.8) is 0 Å². The van der Waals surface area contributed by atoms with Crippen LogP contribution < -0.4 is 16.4 Å². The SMILES string of the molecule is CC1(C(=O)Nc2ccc(C(N)=O)c(Cl)c2)CCCCN1. The van der Waals surface area contributed by atoms with E-state index in [1.54, 1.807) is 6.07 Å². The number of anilines is 1. The molecule has 108 valence electrons. The van der Waals surface area contributed by atoms with Gasteiger partial charge in [0.15, 0.2) is 0 Å². The zero-order valence-corrected chi connectivity index (χ0v) is 12.1. The van der Waals surface area contributed by atoms with Gasteiger partial charge in [-0.2, -0.15) is 0 Å². The highest BCUT2D eigenvalue weighted by atomic mass is 35.5. The average Bonchev–Trinajstić information content (AvgIpc) is 2.39. The Morgan fingerprint density at radius 3 is 2.70 bits per heavy atom. The molecule has 1 aliphatic heterocycles. The zero-order chi connectivity index (χ0) is 14.8. The summed E-state index contributed by atoms with van der Waals surface area (Å²) in [5.41, 5.74) is 5.42. The summed E-state index contributed by atoms with van der Waals surface area (Å²) in [4.78, 5) is 23.4. The van der Waals surface area contributed by atoms with Crippen LogP contribution in [0, 0.1) is 0 Å². The number of nitrogens with two attached hydrogens (primary N) is 1. The third kappa shape index (κ3) is 3.11. The third-order valence-electron chi connectivity index (χ3n) is 3.61. The van der Waals surface area contributed by atoms with E-state index in [2.05, 4.69) is 10.6 Å². The van der Waals surface area contributed by atoms with Gasteiger partial charge in [0.2, 0.25) is 11.8 Å². The van der Waals surface area contributed by atoms with Gasteiger partial charge in [0.1, 0.15) is 0 Å². The molecule has 6 heteroatoms. The molecule has 1 fully saturated rings. The zero-order valence-electron chi connectivity index (χ0n) is 11.3. The lowest BCUT2D eigenvalue weighted by Crippen LogP contribution is -2.54. The van der Waals surface area contributed by atoms with E-state index in [1.165, 1.54) is 12.1 Å². The molecule has 1 saturated heterocycles. The van der Waals surface area contributed by atoms with E-state index >= 15 is 0 Å². The molecule has 1 heterocycles. The second-order valence-corrected chi connectivity index (χ2v) is 5.64. The Morgan fingerprint density at radius 2 is 2.15 bits per heavy atom. The standard InChI is InChI=1S/C14H18ClN3O2/c1-14(6-2-3-7-17-14)13(20)18-9-4-5-10(12(16)19)11(15)8-9/h4-5,8,17H,2-3,6-7H2,1H3,(H2,16,19)(H,18,20). The minimum atomic E-state index is -0.589. The van der Waals surface area contributed by atoms with Crippen molar-refractivity contribution < 1.29 is 9.59 Å². The Balaban J connectivity index is 2.12. The summed E-state index contributed by atoms with van der Waals surface area (Å²) in [7, 11) is 0. The van der Waals surface area contributed by atoms with Gasteiger partial charge in [0.05, 0.1) is 16.1 Å². The molecular weight excluding hydrogens is 278 g/mol. The number of hydrogen-bond donors (Lipinski definition) is 3. The van der Waals surface area contributed by atoms with Gasteiger partial charge in [-0.15, -0.1) is 0 Å². The lowest BCUT2D eigenvalue weighted by atomic mass is 9.90. The maximum Gasteiger partial charge on any atom is 0.250 e. The van der Waals surface area contributed by atoms with Gasteiger partial charge in [0, 0.05) is 5.69 Å². The normalized spacial score (nSPS) is 22.3. The van der Waals surface area contributed by atoms with Gasteiger partial charge < -0.3 is 16.4 Å². The van der Waals surface area contributed by atoms with Gasteiger partial charge >= 0.3 is 0 Å². The van der Waals surface area contributed by atoms with Gasteiger partial charge in [-0.1, -0.05) is 11.6 Å². The van der Waals surface area contributed by atoms with E-state index in [-0.39, 0.29) is 16.5 Å². The van der Waals surface area contributed by atoms with Crippen molar-refractivity contribution in [2.75, 3.05) is 11.9 Å². The molecular formula is C14H18ClN3O2. The second-order valence-electron chi connectivity index (χ2n) is 5.23. The number of hydrogen-bond acceptors (Lipinski definition) is 3. The van der Waals surface area contributed by atoms with Gasteiger partial charge in [-0.05, 0) is 50.9 Å². The Labute approximate surface area is 122 Å². The number of rotatable bonds is 3. The largest absolute Gasteiger partial charge is 0.366 e. The van der Waals surface area contributed by atoms with Crippen LogP contribution in [-0.2, 0) is 4.79 Å². The molecule has 1 aromatic rings. The van der Waals surface area contributed by atoms with Crippen molar-refractivity contribution in [2.45, 2.75) is 31.7 Å². The Hall–Kier alpha value is -1.59. The highest BCUT2D eigenvalue weighted by Crippen LogP contribution is 2.24. The van der Waals surface area contributed by atoms with Crippen LogP contribution >= 0.6 is 11.6 Å². The monoisotopic (exact) mass is 295 g/mol. The van der Waals surface area contributed by atoms with Crippen LogP contribution in [0.4, 0.5) is 5.69 Å². The summed E-state index contributed by atoms with van der Waals surface area (Å²) in [5.74, 6) is -0.686. The highest BCUT2D eigenvalue weighted by Gasteiger charge is 2.34. The van der Waals surface area contributed by atoms with Gasteiger partial charge in [-0.25, -0.2) is 0 Å². The minimum absolute atomic E-state index is 0.0971. The first-order chi connectivity index (χ1) is 9.42. The van der Waals surface area contributed by atoms with Crippen molar-refractivity contribution in [2.24, 2.45) is 5.73 Å². The van der Waals surface area contributed by atoms with Crippen molar-refractivity contribution in [1.82, 2.24) is 5.32 Å². The summed E-state index contributed by atoms with van der Waals surface area (Å²) in [5, 5.41) is 6.30. The summed E-state index contributed by atoms with van der Waals surface area (Å²) in [6, 6.07) is 4.67. The fraction of sp³-hybridized carbons (Fsp3) is 0.429. The molecule has 1 atom stereocenters. The molecule has 0 bridgehead atoms. The lowest BCUT2D eigenvalue weighted by Gasteiger charge is -2.33. The van der Waals surface area contributed by atoms with E-state index in [4.69, 9.17) is 17.3 Å². The molecule has 0 aromatic heterocycles. The molecule has 1 aromatic carbocycles. The maximum atomic E-state index is 12.3. The fourth-order valence-corrected chi connectivity index (χ4v) is 2.59. The fourth-order valence-electron chi connectivity index (χ4n) is 2.31. The van der Waals surface area contributed by atoms with Crippen LogP contribution in [0.15, 0.2) is 18.2 Å². The van der Waals surface area contributed by atoms with Crippen molar-refractivity contribution >= 4 is 29.1 Å². The van der Waals surface area contributed by atoms with Crippen molar-refractivity contribution in [3.8, 4) is 0 Å². The van der Waals surface area contributed by atoms with E-state index in [0.29, 0.717) is 5.69 Å². The van der Waals surface area contributed by atoms with E-state index < -0.39 is 11.4 Å². The molecule has 5 nitrogen and oxygen atoms in total. The molecule has 1 aliphatic rings. The molecule has 1 unspecified atom stereocenters. The summed E-state index contributed by atoms with van der Waals surface area (Å²) in [6.07, 6.45) is 2.91. The third-order valence-corrected chi connectivity index (χ3v) is 3.92. The number of benzene rings is 1. The number of primary amides is 1. The number of halogens is 1. The molecule has 2 rings (SSSR count). The van der Waals surface area contributed by atoms with Crippen LogP contribution in [0.3, 0.4) is 0 Å². The summed E-state index contributed by atoms with van der Waals surface area (Å²) in [6.45, 7) is 2.73. The number of amides is 2. The molecule has 0 saturated carbocycles. The predicted octanol–water partition coefficient (Wildman–Crippen LogP) is 1.91. The first-order valence-electron chi connectivity index (χ1n) is 6.58. The topological polar surface area (TPSA) is 84.2 Å². The number of carbonyl (C=O) groups is 2. The summed E-state index contributed by atoms with van der Waals surface area (Å²) < 4.78 is 0. The van der Waals surface area contributed by atoms with Crippen LogP contribution in [-0.4, -0.2) is 23.9 Å². The van der Waals surface area contributed by atoms with E-state index in [9.17, 15) is 9.59 Å². The van der Waals surface area contributed by atoms with Crippen LogP contribution in [0.1, 0.15) is 36.5 Å².